The van der Waals surface area contributed by atoms with Crippen LogP contribution in [0.25, 0.3) is 22.4 Å². The number of hydrogen-bond donors (Lipinski definition) is 0. The number of aryl methyl sites for hydroxylation is 1. The maximum Gasteiger partial charge on any atom is 0.259 e. The SMILES string of the molecule is Cc1ccc(CN(C)C(=O)c2cc(C3CC3)nc3onc(-c4ccccc4)c23)o1. The topological polar surface area (TPSA) is 72.4 Å². The van der Waals surface area contributed by atoms with E-state index >= 15 is 0 Å². The van der Waals surface area contributed by atoms with Crippen LogP contribution in [0.5, 0.6) is 0 Å². The minimum Gasteiger partial charge on any atom is -0.464 e. The Labute approximate surface area is 168 Å². The summed E-state index contributed by atoms with van der Waals surface area (Å²) in [6.45, 7) is 2.28. The molecule has 0 unspecified atom stereocenters. The van der Waals surface area contributed by atoms with Crippen LogP contribution in [0, 0.1) is 6.92 Å². The molecule has 0 spiro atoms. The van der Waals surface area contributed by atoms with Crippen molar-refractivity contribution in [3.8, 4) is 11.3 Å². The van der Waals surface area contributed by atoms with Crippen LogP contribution in [0.15, 0.2) is 57.5 Å². The molecule has 0 N–H and O–H groups in total. The lowest BCUT2D eigenvalue weighted by Gasteiger charge is -2.17. The molecule has 6 nitrogen and oxygen atoms in total. The van der Waals surface area contributed by atoms with E-state index in [2.05, 4.69) is 10.1 Å². The lowest BCUT2D eigenvalue weighted by atomic mass is 10.0. The molecular weight excluding hydrogens is 366 g/mol. The van der Waals surface area contributed by atoms with Crippen LogP contribution in [0.4, 0.5) is 0 Å². The highest BCUT2D eigenvalue weighted by molar-refractivity contribution is 6.09. The number of carbonyl (C=O) groups excluding carboxylic acids is 1. The molecule has 1 aliphatic rings. The van der Waals surface area contributed by atoms with Crippen molar-refractivity contribution in [3.63, 3.8) is 0 Å². The molecular formula is C23H21N3O3. The number of hydrogen-bond acceptors (Lipinski definition) is 5. The van der Waals surface area contributed by atoms with E-state index < -0.39 is 0 Å². The molecule has 1 amide bonds. The molecule has 0 saturated heterocycles. The molecule has 0 bridgehead atoms. The first kappa shape index (κ1) is 17.7. The number of rotatable bonds is 5. The molecule has 5 rings (SSSR count). The van der Waals surface area contributed by atoms with Crippen molar-refractivity contribution in [2.75, 3.05) is 7.05 Å². The van der Waals surface area contributed by atoms with E-state index in [1.54, 1.807) is 11.9 Å². The Morgan fingerprint density at radius 3 is 2.66 bits per heavy atom. The molecule has 0 radical (unpaired) electrons. The Hall–Kier alpha value is -3.41. The van der Waals surface area contributed by atoms with E-state index in [9.17, 15) is 4.79 Å². The molecule has 4 aromatic rings. The van der Waals surface area contributed by atoms with Crippen molar-refractivity contribution in [3.05, 3.63) is 71.3 Å². The molecule has 6 heteroatoms. The number of fused-ring (bicyclic) bond motifs is 1. The van der Waals surface area contributed by atoms with Gasteiger partial charge in [-0.3, -0.25) is 4.79 Å². The van der Waals surface area contributed by atoms with Crippen LogP contribution < -0.4 is 0 Å². The van der Waals surface area contributed by atoms with Crippen molar-refractivity contribution in [1.82, 2.24) is 15.0 Å². The third-order valence-electron chi connectivity index (χ3n) is 5.28. The fraction of sp³-hybridized carbons (Fsp3) is 0.261. The van der Waals surface area contributed by atoms with Gasteiger partial charge in [0.05, 0.1) is 17.5 Å². The summed E-state index contributed by atoms with van der Waals surface area (Å²) in [6.07, 6.45) is 2.18. The first-order valence-electron chi connectivity index (χ1n) is 9.76. The average molecular weight is 387 g/mol. The van der Waals surface area contributed by atoms with E-state index in [-0.39, 0.29) is 5.91 Å². The molecule has 3 aromatic heterocycles. The van der Waals surface area contributed by atoms with E-state index in [0.717, 1.165) is 35.6 Å². The highest BCUT2D eigenvalue weighted by Gasteiger charge is 2.30. The second-order valence-electron chi connectivity index (χ2n) is 7.62. The number of amides is 1. The van der Waals surface area contributed by atoms with Crippen LogP contribution in [-0.4, -0.2) is 28.0 Å². The van der Waals surface area contributed by atoms with E-state index in [0.29, 0.717) is 34.8 Å². The molecule has 0 aliphatic heterocycles. The van der Waals surface area contributed by atoms with Gasteiger partial charge in [0.2, 0.25) is 0 Å². The molecule has 146 valence electrons. The van der Waals surface area contributed by atoms with Gasteiger partial charge in [0.25, 0.3) is 11.6 Å². The van der Waals surface area contributed by atoms with Crippen LogP contribution in [0.3, 0.4) is 0 Å². The van der Waals surface area contributed by atoms with Gasteiger partial charge in [0.1, 0.15) is 17.2 Å². The summed E-state index contributed by atoms with van der Waals surface area (Å²) in [5, 5.41) is 4.91. The van der Waals surface area contributed by atoms with Gasteiger partial charge < -0.3 is 13.8 Å². The quantitative estimate of drug-likeness (QED) is 0.485. The standard InChI is InChI=1S/C23H21N3O3/c1-14-8-11-17(28-14)13-26(2)23(27)18-12-19(15-9-10-15)24-22-20(18)21(25-29-22)16-6-4-3-5-7-16/h3-8,11-12,15H,9-10,13H2,1-2H3. The second-order valence-corrected chi connectivity index (χ2v) is 7.62. The Balaban J connectivity index is 1.60. The number of benzene rings is 1. The zero-order chi connectivity index (χ0) is 20.0. The van der Waals surface area contributed by atoms with Crippen LogP contribution in [-0.2, 0) is 6.54 Å². The third kappa shape index (κ3) is 3.31. The van der Waals surface area contributed by atoms with Gasteiger partial charge >= 0.3 is 0 Å². The maximum atomic E-state index is 13.4. The predicted molar refractivity (Wildman–Crippen MR) is 108 cm³/mol. The van der Waals surface area contributed by atoms with Crippen LogP contribution in [0.1, 0.15) is 46.3 Å². The van der Waals surface area contributed by atoms with Gasteiger partial charge in [0, 0.05) is 24.2 Å². The lowest BCUT2D eigenvalue weighted by Crippen LogP contribution is -2.26. The van der Waals surface area contributed by atoms with Crippen LogP contribution in [0.2, 0.25) is 0 Å². The van der Waals surface area contributed by atoms with Gasteiger partial charge in [-0.1, -0.05) is 35.5 Å². The minimum atomic E-state index is -0.103. The summed E-state index contributed by atoms with van der Waals surface area (Å²) in [7, 11) is 1.78. The molecule has 1 saturated carbocycles. The normalized spacial score (nSPS) is 13.7. The monoisotopic (exact) mass is 387 g/mol. The van der Waals surface area contributed by atoms with E-state index in [1.807, 2.05) is 55.5 Å². The van der Waals surface area contributed by atoms with Gasteiger partial charge in [0.15, 0.2) is 0 Å². The molecule has 1 aliphatic carbocycles. The van der Waals surface area contributed by atoms with Gasteiger partial charge in [-0.25, -0.2) is 4.98 Å². The number of furan rings is 1. The smallest absolute Gasteiger partial charge is 0.259 e. The molecule has 1 fully saturated rings. The van der Waals surface area contributed by atoms with Gasteiger partial charge in [-0.05, 0) is 38.0 Å². The summed E-state index contributed by atoms with van der Waals surface area (Å²) in [4.78, 5) is 19.7. The molecule has 3 heterocycles. The summed E-state index contributed by atoms with van der Waals surface area (Å²) < 4.78 is 11.2. The number of aromatic nitrogens is 2. The highest BCUT2D eigenvalue weighted by atomic mass is 16.5. The summed E-state index contributed by atoms with van der Waals surface area (Å²) in [5.74, 6) is 1.87. The molecule has 1 aromatic carbocycles. The van der Waals surface area contributed by atoms with Crippen molar-refractivity contribution >= 4 is 17.0 Å². The third-order valence-corrected chi connectivity index (χ3v) is 5.28. The summed E-state index contributed by atoms with van der Waals surface area (Å²) in [5.41, 5.74) is 3.42. The number of carbonyl (C=O) groups is 1. The fourth-order valence-electron chi connectivity index (χ4n) is 3.60. The summed E-state index contributed by atoms with van der Waals surface area (Å²) >= 11 is 0. The van der Waals surface area contributed by atoms with Crippen LogP contribution >= 0.6 is 0 Å². The maximum absolute atomic E-state index is 13.4. The molecule has 0 atom stereocenters. The Morgan fingerprint density at radius 2 is 1.97 bits per heavy atom. The van der Waals surface area contributed by atoms with E-state index in [1.165, 1.54) is 0 Å². The van der Waals surface area contributed by atoms with Crippen molar-refractivity contribution in [2.45, 2.75) is 32.2 Å². The Morgan fingerprint density at radius 1 is 1.17 bits per heavy atom. The Bertz CT molecular complexity index is 1190. The van der Waals surface area contributed by atoms with Crippen molar-refractivity contribution in [1.29, 1.82) is 0 Å². The van der Waals surface area contributed by atoms with E-state index in [4.69, 9.17) is 8.94 Å². The first-order valence-corrected chi connectivity index (χ1v) is 9.76. The largest absolute Gasteiger partial charge is 0.464 e. The Kier molecular flexibility index (Phi) is 4.19. The van der Waals surface area contributed by atoms with Gasteiger partial charge in [-0.15, -0.1) is 0 Å². The average Bonchev–Trinajstić information content (AvgIpc) is 3.38. The van der Waals surface area contributed by atoms with Crippen molar-refractivity contribution < 1.29 is 13.7 Å². The first-order chi connectivity index (χ1) is 14.1. The van der Waals surface area contributed by atoms with Gasteiger partial charge in [-0.2, -0.15) is 0 Å². The fourth-order valence-corrected chi connectivity index (χ4v) is 3.60. The zero-order valence-electron chi connectivity index (χ0n) is 16.4. The molecule has 29 heavy (non-hydrogen) atoms. The lowest BCUT2D eigenvalue weighted by molar-refractivity contribution is 0.0776. The number of nitrogens with zero attached hydrogens (tertiary/aromatic N) is 3. The summed E-state index contributed by atoms with van der Waals surface area (Å²) in [6, 6.07) is 15.4. The number of pyridine rings is 1. The zero-order valence-corrected chi connectivity index (χ0v) is 16.4. The van der Waals surface area contributed by atoms with Crippen molar-refractivity contribution in [2.24, 2.45) is 0 Å². The highest BCUT2D eigenvalue weighted by Crippen LogP contribution is 2.41. The predicted octanol–water partition coefficient (Wildman–Crippen LogP) is 4.94. The minimum absolute atomic E-state index is 0.103. The second kappa shape index (κ2) is 6.88.